The minimum Gasteiger partial charge on any atom is -0.399 e. The lowest BCUT2D eigenvalue weighted by Crippen LogP contribution is -1.96. The van der Waals surface area contributed by atoms with Crippen molar-refractivity contribution in [2.45, 2.75) is 0 Å². The zero-order chi connectivity index (χ0) is 13.9. The SMILES string of the molecule is N#Cc1cc(N)ccc1Nc1cccc2ncccc12. The van der Waals surface area contributed by atoms with Crippen molar-refractivity contribution >= 4 is 28.0 Å². The van der Waals surface area contributed by atoms with E-state index in [4.69, 9.17) is 5.73 Å². The molecule has 3 aromatic rings. The van der Waals surface area contributed by atoms with Crippen molar-refractivity contribution in [3.05, 3.63) is 60.3 Å². The number of benzene rings is 2. The van der Waals surface area contributed by atoms with Gasteiger partial charge in [-0.2, -0.15) is 5.26 Å². The summed E-state index contributed by atoms with van der Waals surface area (Å²) in [5, 5.41) is 13.5. The van der Waals surface area contributed by atoms with Gasteiger partial charge in [0.15, 0.2) is 0 Å². The molecule has 0 aliphatic heterocycles. The van der Waals surface area contributed by atoms with Crippen LogP contribution in [0.5, 0.6) is 0 Å². The summed E-state index contributed by atoms with van der Waals surface area (Å²) >= 11 is 0. The van der Waals surface area contributed by atoms with Gasteiger partial charge in [0.05, 0.1) is 16.8 Å². The van der Waals surface area contributed by atoms with Gasteiger partial charge in [-0.25, -0.2) is 0 Å². The highest BCUT2D eigenvalue weighted by atomic mass is 14.9. The second-order valence-corrected chi connectivity index (χ2v) is 4.42. The first-order valence-electron chi connectivity index (χ1n) is 6.18. The standard InChI is InChI=1S/C16H12N4/c17-10-11-9-12(18)6-7-14(11)20-16-5-1-4-15-13(16)3-2-8-19-15/h1-9,20H,18H2. The summed E-state index contributed by atoms with van der Waals surface area (Å²) in [4.78, 5) is 4.32. The fourth-order valence-corrected chi connectivity index (χ4v) is 2.12. The third kappa shape index (κ3) is 2.13. The zero-order valence-corrected chi connectivity index (χ0v) is 10.7. The first-order valence-corrected chi connectivity index (χ1v) is 6.18. The van der Waals surface area contributed by atoms with Crippen LogP contribution >= 0.6 is 0 Å². The van der Waals surface area contributed by atoms with Crippen molar-refractivity contribution < 1.29 is 0 Å². The molecule has 0 aliphatic carbocycles. The molecule has 4 nitrogen and oxygen atoms in total. The number of fused-ring (bicyclic) bond motifs is 1. The van der Waals surface area contributed by atoms with Crippen LogP contribution in [-0.2, 0) is 0 Å². The smallest absolute Gasteiger partial charge is 0.101 e. The highest BCUT2D eigenvalue weighted by Crippen LogP contribution is 2.27. The summed E-state index contributed by atoms with van der Waals surface area (Å²) < 4.78 is 0. The number of hydrogen-bond acceptors (Lipinski definition) is 4. The molecule has 0 radical (unpaired) electrons. The summed E-state index contributed by atoms with van der Waals surface area (Å²) in [6, 6.07) is 17.1. The first kappa shape index (κ1) is 12.0. The van der Waals surface area contributed by atoms with Crippen LogP contribution in [-0.4, -0.2) is 4.98 Å². The Bertz CT molecular complexity index is 813. The Balaban J connectivity index is 2.08. The van der Waals surface area contributed by atoms with Crippen LogP contribution in [0.1, 0.15) is 5.56 Å². The monoisotopic (exact) mass is 260 g/mol. The fourth-order valence-electron chi connectivity index (χ4n) is 2.12. The number of aromatic nitrogens is 1. The third-order valence-corrected chi connectivity index (χ3v) is 3.08. The molecule has 0 amide bonds. The Labute approximate surface area is 116 Å². The molecule has 0 fully saturated rings. The van der Waals surface area contributed by atoms with Crippen LogP contribution in [0, 0.1) is 11.3 Å². The number of hydrogen-bond donors (Lipinski definition) is 2. The molecule has 1 heterocycles. The van der Waals surface area contributed by atoms with E-state index in [0.717, 1.165) is 22.3 Å². The van der Waals surface area contributed by atoms with E-state index < -0.39 is 0 Å². The van der Waals surface area contributed by atoms with E-state index in [9.17, 15) is 5.26 Å². The van der Waals surface area contributed by atoms with Crippen LogP contribution in [0.2, 0.25) is 0 Å². The maximum atomic E-state index is 9.18. The normalized spacial score (nSPS) is 10.2. The van der Waals surface area contributed by atoms with E-state index >= 15 is 0 Å². The molecule has 0 unspecified atom stereocenters. The van der Waals surface area contributed by atoms with Crippen molar-refractivity contribution in [2.24, 2.45) is 0 Å². The molecule has 1 aromatic heterocycles. The molecule has 20 heavy (non-hydrogen) atoms. The van der Waals surface area contributed by atoms with Gasteiger partial charge in [0, 0.05) is 23.0 Å². The molecule has 0 aliphatic rings. The van der Waals surface area contributed by atoms with Gasteiger partial charge in [-0.15, -0.1) is 0 Å². The minimum atomic E-state index is 0.519. The van der Waals surface area contributed by atoms with Gasteiger partial charge in [0.25, 0.3) is 0 Å². The number of rotatable bonds is 2. The number of nitrogens with one attached hydrogen (secondary N) is 1. The Morgan fingerprint density at radius 2 is 1.95 bits per heavy atom. The van der Waals surface area contributed by atoms with Crippen LogP contribution in [0.15, 0.2) is 54.7 Å². The number of nitrogens with two attached hydrogens (primary N) is 1. The molecule has 96 valence electrons. The maximum absolute atomic E-state index is 9.18. The average Bonchev–Trinajstić information content (AvgIpc) is 2.49. The molecule has 3 N–H and O–H groups in total. The highest BCUT2D eigenvalue weighted by Gasteiger charge is 2.05. The topological polar surface area (TPSA) is 74.7 Å². The lowest BCUT2D eigenvalue weighted by Gasteiger charge is -2.11. The van der Waals surface area contributed by atoms with Crippen molar-refractivity contribution in [1.29, 1.82) is 5.26 Å². The quantitative estimate of drug-likeness (QED) is 0.692. The number of pyridine rings is 1. The predicted molar refractivity (Wildman–Crippen MR) is 80.6 cm³/mol. The van der Waals surface area contributed by atoms with Gasteiger partial charge in [0.2, 0.25) is 0 Å². The lowest BCUT2D eigenvalue weighted by atomic mass is 10.1. The minimum absolute atomic E-state index is 0.519. The Hall–Kier alpha value is -3.06. The van der Waals surface area contributed by atoms with E-state index in [1.807, 2.05) is 36.4 Å². The Kier molecular flexibility index (Phi) is 2.94. The van der Waals surface area contributed by atoms with Crippen molar-refractivity contribution in [2.75, 3.05) is 11.1 Å². The fraction of sp³-hybridized carbons (Fsp3) is 0. The van der Waals surface area contributed by atoms with Crippen molar-refractivity contribution in [3.8, 4) is 6.07 Å². The number of nitriles is 1. The number of anilines is 3. The number of nitrogens with zero attached hydrogens (tertiary/aromatic N) is 2. The summed E-state index contributed by atoms with van der Waals surface area (Å²) in [6.45, 7) is 0. The molecule has 0 bridgehead atoms. The lowest BCUT2D eigenvalue weighted by molar-refractivity contribution is 1.41. The van der Waals surface area contributed by atoms with Gasteiger partial charge < -0.3 is 11.1 Å². The zero-order valence-electron chi connectivity index (χ0n) is 10.7. The predicted octanol–water partition coefficient (Wildman–Crippen LogP) is 3.43. The molecule has 4 heteroatoms. The van der Waals surface area contributed by atoms with Gasteiger partial charge in [0.1, 0.15) is 6.07 Å². The second kappa shape index (κ2) is 4.90. The molecule has 3 rings (SSSR count). The van der Waals surface area contributed by atoms with Gasteiger partial charge in [-0.1, -0.05) is 6.07 Å². The Morgan fingerprint density at radius 3 is 2.80 bits per heavy atom. The summed E-state index contributed by atoms with van der Waals surface area (Å²) in [6.07, 6.45) is 1.76. The molecular formula is C16H12N4. The van der Waals surface area contributed by atoms with Crippen molar-refractivity contribution in [1.82, 2.24) is 4.98 Å². The van der Waals surface area contributed by atoms with Gasteiger partial charge >= 0.3 is 0 Å². The second-order valence-electron chi connectivity index (χ2n) is 4.42. The summed E-state index contributed by atoms with van der Waals surface area (Å²) in [5.41, 5.74) is 9.35. The summed E-state index contributed by atoms with van der Waals surface area (Å²) in [5.74, 6) is 0. The average molecular weight is 260 g/mol. The van der Waals surface area contributed by atoms with Crippen LogP contribution < -0.4 is 11.1 Å². The highest BCUT2D eigenvalue weighted by molar-refractivity contribution is 5.93. The maximum Gasteiger partial charge on any atom is 0.101 e. The largest absolute Gasteiger partial charge is 0.399 e. The third-order valence-electron chi connectivity index (χ3n) is 3.08. The van der Waals surface area contributed by atoms with Crippen LogP contribution in [0.4, 0.5) is 17.1 Å². The molecule has 0 atom stereocenters. The Morgan fingerprint density at radius 1 is 1.05 bits per heavy atom. The molecule has 0 saturated carbocycles. The molecule has 0 saturated heterocycles. The van der Waals surface area contributed by atoms with Gasteiger partial charge in [-0.05, 0) is 42.5 Å². The molecule has 2 aromatic carbocycles. The molecular weight excluding hydrogens is 248 g/mol. The van der Waals surface area contributed by atoms with E-state index in [1.54, 1.807) is 18.3 Å². The number of nitrogen functional groups attached to an aromatic ring is 1. The van der Waals surface area contributed by atoms with E-state index in [2.05, 4.69) is 16.4 Å². The van der Waals surface area contributed by atoms with Crippen LogP contribution in [0.25, 0.3) is 10.9 Å². The van der Waals surface area contributed by atoms with E-state index in [1.165, 1.54) is 0 Å². The first-order chi connectivity index (χ1) is 9.78. The van der Waals surface area contributed by atoms with Crippen LogP contribution in [0.3, 0.4) is 0 Å². The summed E-state index contributed by atoms with van der Waals surface area (Å²) in [7, 11) is 0. The van der Waals surface area contributed by atoms with E-state index in [-0.39, 0.29) is 0 Å². The van der Waals surface area contributed by atoms with Gasteiger partial charge in [-0.3, -0.25) is 4.98 Å². The molecule has 0 spiro atoms. The van der Waals surface area contributed by atoms with E-state index in [0.29, 0.717) is 11.3 Å². The van der Waals surface area contributed by atoms with Crippen molar-refractivity contribution in [3.63, 3.8) is 0 Å².